The van der Waals surface area contributed by atoms with Gasteiger partial charge in [-0.05, 0) is 62.3 Å². The molecule has 0 aliphatic carbocycles. The standard InChI is InChI=1S/C22H29NO4/c1-22(2,27-21(23)26)19(11-10-18-8-3-4-9-20(18)25)15-17-7-5-6-16(14-17)12-13-24/h3-9,14,19,24-25H,10-13,15H2,1-2H3,(H2,23,26). The normalized spacial score (nSPS) is 12.6. The van der Waals surface area contributed by atoms with E-state index in [-0.39, 0.29) is 18.3 Å². The number of hydrogen-bond donors (Lipinski definition) is 3. The highest BCUT2D eigenvalue weighted by Gasteiger charge is 2.33. The van der Waals surface area contributed by atoms with Crippen LogP contribution in [0.25, 0.3) is 0 Å². The molecule has 0 aliphatic heterocycles. The molecule has 0 spiro atoms. The van der Waals surface area contributed by atoms with Gasteiger partial charge in [0.15, 0.2) is 0 Å². The molecule has 27 heavy (non-hydrogen) atoms. The molecule has 146 valence electrons. The fraction of sp³-hybridized carbons (Fsp3) is 0.409. The van der Waals surface area contributed by atoms with E-state index >= 15 is 0 Å². The van der Waals surface area contributed by atoms with Gasteiger partial charge in [-0.2, -0.15) is 0 Å². The van der Waals surface area contributed by atoms with E-state index in [0.29, 0.717) is 19.3 Å². The van der Waals surface area contributed by atoms with E-state index in [4.69, 9.17) is 15.6 Å². The first-order valence-electron chi connectivity index (χ1n) is 9.26. The van der Waals surface area contributed by atoms with Crippen LogP contribution in [0.3, 0.4) is 0 Å². The van der Waals surface area contributed by atoms with Crippen molar-refractivity contribution >= 4 is 6.09 Å². The lowest BCUT2D eigenvalue weighted by Crippen LogP contribution is -2.40. The Bertz CT molecular complexity index is 757. The monoisotopic (exact) mass is 371 g/mol. The molecule has 2 aromatic rings. The maximum atomic E-state index is 11.4. The average molecular weight is 371 g/mol. The van der Waals surface area contributed by atoms with Crippen LogP contribution in [-0.2, 0) is 24.0 Å². The van der Waals surface area contributed by atoms with Gasteiger partial charge in [-0.3, -0.25) is 0 Å². The number of aromatic hydroxyl groups is 1. The summed E-state index contributed by atoms with van der Waals surface area (Å²) in [5.41, 5.74) is 7.58. The zero-order chi connectivity index (χ0) is 19.9. The van der Waals surface area contributed by atoms with Crippen LogP contribution in [0.1, 0.15) is 37.0 Å². The second-order valence-electron chi connectivity index (χ2n) is 7.39. The van der Waals surface area contributed by atoms with Crippen LogP contribution in [0.5, 0.6) is 5.75 Å². The third-order valence-electron chi connectivity index (χ3n) is 4.97. The highest BCUT2D eigenvalue weighted by atomic mass is 16.6. The Morgan fingerprint density at radius 1 is 1.11 bits per heavy atom. The highest BCUT2D eigenvalue weighted by molar-refractivity contribution is 5.65. The number of aliphatic hydroxyl groups is 1. The topological polar surface area (TPSA) is 92.8 Å². The number of carbonyl (C=O) groups excluding carboxylic acids is 1. The Morgan fingerprint density at radius 2 is 1.81 bits per heavy atom. The van der Waals surface area contributed by atoms with Crippen LogP contribution in [0, 0.1) is 5.92 Å². The summed E-state index contributed by atoms with van der Waals surface area (Å²) in [4.78, 5) is 11.4. The van der Waals surface area contributed by atoms with Gasteiger partial charge in [0, 0.05) is 12.5 Å². The minimum absolute atomic E-state index is 0.00832. The van der Waals surface area contributed by atoms with Gasteiger partial charge in [0.25, 0.3) is 0 Å². The van der Waals surface area contributed by atoms with Crippen molar-refractivity contribution < 1.29 is 19.7 Å². The summed E-state index contributed by atoms with van der Waals surface area (Å²) in [6.07, 6.45) is 1.91. The molecule has 2 aromatic carbocycles. The van der Waals surface area contributed by atoms with E-state index in [1.165, 1.54) is 0 Å². The van der Waals surface area contributed by atoms with E-state index in [1.807, 2.05) is 44.2 Å². The summed E-state index contributed by atoms with van der Waals surface area (Å²) in [7, 11) is 0. The number of aryl methyl sites for hydroxylation is 1. The smallest absolute Gasteiger partial charge is 0.405 e. The van der Waals surface area contributed by atoms with Gasteiger partial charge in [-0.1, -0.05) is 42.5 Å². The van der Waals surface area contributed by atoms with Crippen molar-refractivity contribution in [2.24, 2.45) is 11.7 Å². The predicted octanol–water partition coefficient (Wildman–Crippen LogP) is 3.59. The molecule has 5 nitrogen and oxygen atoms in total. The van der Waals surface area contributed by atoms with Gasteiger partial charge in [-0.25, -0.2) is 4.79 Å². The largest absolute Gasteiger partial charge is 0.508 e. The molecule has 1 unspecified atom stereocenters. The Hall–Kier alpha value is -2.53. The molecule has 2 rings (SSSR count). The molecule has 4 N–H and O–H groups in total. The van der Waals surface area contributed by atoms with Crippen LogP contribution in [0.4, 0.5) is 4.79 Å². The first kappa shape index (κ1) is 20.8. The number of phenols is 1. The Labute approximate surface area is 160 Å². The summed E-state index contributed by atoms with van der Waals surface area (Å²) in [5, 5.41) is 19.2. The van der Waals surface area contributed by atoms with E-state index in [9.17, 15) is 9.90 Å². The molecule has 0 saturated carbocycles. The minimum Gasteiger partial charge on any atom is -0.508 e. The van der Waals surface area contributed by atoms with E-state index in [1.54, 1.807) is 12.1 Å². The molecule has 0 bridgehead atoms. The molecular formula is C22H29NO4. The van der Waals surface area contributed by atoms with Gasteiger partial charge in [0.1, 0.15) is 11.4 Å². The highest BCUT2D eigenvalue weighted by Crippen LogP contribution is 2.31. The molecule has 1 amide bonds. The summed E-state index contributed by atoms with van der Waals surface area (Å²) in [6.45, 7) is 3.84. The van der Waals surface area contributed by atoms with Crippen molar-refractivity contribution in [2.45, 2.75) is 45.1 Å². The number of nitrogens with two attached hydrogens (primary N) is 1. The SMILES string of the molecule is CC(C)(OC(N)=O)C(CCc1ccccc1O)Cc1cccc(CCO)c1. The van der Waals surface area contributed by atoms with Gasteiger partial charge >= 0.3 is 6.09 Å². The second kappa shape index (κ2) is 9.42. The fourth-order valence-electron chi connectivity index (χ4n) is 3.42. The van der Waals surface area contributed by atoms with Crippen molar-refractivity contribution in [3.63, 3.8) is 0 Å². The number of aliphatic hydroxyl groups excluding tert-OH is 1. The summed E-state index contributed by atoms with van der Waals surface area (Å²) < 4.78 is 5.40. The number of ether oxygens (including phenoxy) is 1. The number of hydrogen-bond acceptors (Lipinski definition) is 4. The van der Waals surface area contributed by atoms with E-state index in [0.717, 1.165) is 23.1 Å². The van der Waals surface area contributed by atoms with Crippen molar-refractivity contribution in [1.82, 2.24) is 0 Å². The summed E-state index contributed by atoms with van der Waals surface area (Å²) in [5.74, 6) is 0.281. The van der Waals surface area contributed by atoms with Crippen molar-refractivity contribution in [3.8, 4) is 5.75 Å². The van der Waals surface area contributed by atoms with Crippen LogP contribution in [0.2, 0.25) is 0 Å². The number of rotatable bonds is 9. The van der Waals surface area contributed by atoms with Gasteiger partial charge in [-0.15, -0.1) is 0 Å². The third kappa shape index (κ3) is 6.29. The van der Waals surface area contributed by atoms with Crippen LogP contribution < -0.4 is 5.73 Å². The first-order chi connectivity index (χ1) is 12.8. The second-order valence-corrected chi connectivity index (χ2v) is 7.39. The number of para-hydroxylation sites is 1. The van der Waals surface area contributed by atoms with E-state index < -0.39 is 11.7 Å². The molecule has 0 fully saturated rings. The van der Waals surface area contributed by atoms with Gasteiger partial charge in [0.05, 0.1) is 0 Å². The molecule has 0 heterocycles. The zero-order valence-corrected chi connectivity index (χ0v) is 16.0. The first-order valence-corrected chi connectivity index (χ1v) is 9.26. The number of phenolic OH excluding ortho intramolecular Hbond substituents is 1. The quantitative estimate of drug-likeness (QED) is 0.628. The Morgan fingerprint density at radius 3 is 2.48 bits per heavy atom. The molecular weight excluding hydrogens is 342 g/mol. The molecule has 1 atom stereocenters. The van der Waals surface area contributed by atoms with Crippen LogP contribution in [-0.4, -0.2) is 28.5 Å². The van der Waals surface area contributed by atoms with E-state index in [2.05, 4.69) is 6.07 Å². The summed E-state index contributed by atoms with van der Waals surface area (Å²) in [6, 6.07) is 15.3. The lowest BCUT2D eigenvalue weighted by atomic mass is 9.81. The fourth-order valence-corrected chi connectivity index (χ4v) is 3.42. The molecule has 5 heteroatoms. The van der Waals surface area contributed by atoms with Gasteiger partial charge < -0.3 is 20.7 Å². The predicted molar refractivity (Wildman–Crippen MR) is 106 cm³/mol. The minimum atomic E-state index is -0.790. The van der Waals surface area contributed by atoms with Crippen molar-refractivity contribution in [2.75, 3.05) is 6.61 Å². The number of amides is 1. The lowest BCUT2D eigenvalue weighted by Gasteiger charge is -2.34. The lowest BCUT2D eigenvalue weighted by molar-refractivity contribution is -0.00430. The Kier molecular flexibility index (Phi) is 7.25. The molecule has 0 aromatic heterocycles. The van der Waals surface area contributed by atoms with Crippen molar-refractivity contribution in [3.05, 3.63) is 65.2 Å². The summed E-state index contributed by atoms with van der Waals surface area (Å²) >= 11 is 0. The molecule has 0 saturated heterocycles. The van der Waals surface area contributed by atoms with Gasteiger partial charge in [0.2, 0.25) is 0 Å². The maximum Gasteiger partial charge on any atom is 0.405 e. The third-order valence-corrected chi connectivity index (χ3v) is 4.97. The maximum absolute atomic E-state index is 11.4. The Balaban J connectivity index is 2.20. The number of benzene rings is 2. The zero-order valence-electron chi connectivity index (χ0n) is 16.0. The van der Waals surface area contributed by atoms with Crippen LogP contribution >= 0.6 is 0 Å². The van der Waals surface area contributed by atoms with Crippen molar-refractivity contribution in [1.29, 1.82) is 0 Å². The average Bonchev–Trinajstić information content (AvgIpc) is 2.59. The number of carbonyl (C=O) groups is 1. The van der Waals surface area contributed by atoms with Crippen LogP contribution in [0.15, 0.2) is 48.5 Å². The molecule has 0 radical (unpaired) electrons. The number of primary amides is 1. The molecule has 0 aliphatic rings.